The molecule has 0 radical (unpaired) electrons. The van der Waals surface area contributed by atoms with Crippen molar-refractivity contribution in [1.29, 1.82) is 0 Å². The highest BCUT2D eigenvalue weighted by atomic mass is 16.5. The maximum absolute atomic E-state index is 11.8. The number of likely N-dealkylation sites (tertiary alicyclic amines) is 1. The molecule has 2 heterocycles. The molecule has 2 aromatic carbocycles. The third-order valence-electron chi connectivity index (χ3n) is 7.21. The van der Waals surface area contributed by atoms with Crippen molar-refractivity contribution in [3.8, 4) is 22.8 Å². The third-order valence-corrected chi connectivity index (χ3v) is 7.21. The summed E-state index contributed by atoms with van der Waals surface area (Å²) in [4.78, 5) is 17.2. The molecule has 1 saturated heterocycles. The highest BCUT2D eigenvalue weighted by Gasteiger charge is 2.33. The predicted molar refractivity (Wildman–Crippen MR) is 133 cm³/mol. The fourth-order valence-corrected chi connectivity index (χ4v) is 5.37. The number of fused-ring (bicyclic) bond motifs is 1. The summed E-state index contributed by atoms with van der Waals surface area (Å²) in [6.45, 7) is 8.11. The number of carbonyl (C=O) groups excluding carboxylic acids is 1. The van der Waals surface area contributed by atoms with Gasteiger partial charge in [-0.1, -0.05) is 26.8 Å². The molecule has 1 aliphatic heterocycles. The molecule has 6 nitrogen and oxygen atoms in total. The minimum absolute atomic E-state index is 0.312. The molecule has 3 aromatic rings. The van der Waals surface area contributed by atoms with Crippen LogP contribution >= 0.6 is 0 Å². The first-order valence-electron chi connectivity index (χ1n) is 11.8. The van der Waals surface area contributed by atoms with Crippen molar-refractivity contribution >= 4 is 16.9 Å². The zero-order valence-electron chi connectivity index (χ0n) is 20.3. The van der Waals surface area contributed by atoms with Gasteiger partial charge in [0.1, 0.15) is 0 Å². The molecule has 176 valence electrons. The Labute approximate surface area is 196 Å². The number of carbonyl (C=O) groups is 1. The first kappa shape index (κ1) is 23.0. The minimum Gasteiger partial charge on any atom is -0.493 e. The summed E-state index contributed by atoms with van der Waals surface area (Å²) in [6, 6.07) is 12.5. The van der Waals surface area contributed by atoms with Gasteiger partial charge >= 0.3 is 6.03 Å². The Morgan fingerprint density at radius 2 is 1.91 bits per heavy atom. The van der Waals surface area contributed by atoms with E-state index in [0.717, 1.165) is 47.7 Å². The van der Waals surface area contributed by atoms with E-state index in [2.05, 4.69) is 50.0 Å². The number of hydrogen-bond donors (Lipinski definition) is 2. The number of aryl methyl sites for hydroxylation is 1. The lowest BCUT2D eigenvalue weighted by atomic mass is 9.74. The fourth-order valence-electron chi connectivity index (χ4n) is 5.37. The number of nitrogens with two attached hydrogens (primary N) is 1. The number of amides is 2. The van der Waals surface area contributed by atoms with Crippen molar-refractivity contribution < 1.29 is 14.3 Å². The van der Waals surface area contributed by atoms with Crippen molar-refractivity contribution in [2.24, 2.45) is 17.6 Å². The van der Waals surface area contributed by atoms with Crippen LogP contribution in [0.2, 0.25) is 0 Å². The van der Waals surface area contributed by atoms with Crippen molar-refractivity contribution in [2.75, 3.05) is 27.3 Å². The van der Waals surface area contributed by atoms with Gasteiger partial charge in [-0.25, -0.2) is 4.79 Å². The van der Waals surface area contributed by atoms with E-state index >= 15 is 0 Å². The first-order valence-corrected chi connectivity index (χ1v) is 11.8. The zero-order valence-corrected chi connectivity index (χ0v) is 20.3. The first-order chi connectivity index (χ1) is 15.9. The number of H-pyrrole nitrogens is 1. The molecule has 0 aliphatic carbocycles. The quantitative estimate of drug-likeness (QED) is 0.517. The van der Waals surface area contributed by atoms with Crippen molar-refractivity contribution in [3.05, 3.63) is 47.5 Å². The van der Waals surface area contributed by atoms with Crippen LogP contribution in [0.4, 0.5) is 4.79 Å². The number of primary amides is 1. The molecule has 2 atom stereocenters. The molecule has 3 N–H and O–H groups in total. The molecule has 0 saturated carbocycles. The lowest BCUT2D eigenvalue weighted by molar-refractivity contribution is 0.139. The maximum Gasteiger partial charge on any atom is 0.314 e. The second-order valence-electron chi connectivity index (χ2n) is 9.29. The van der Waals surface area contributed by atoms with Crippen LogP contribution < -0.4 is 15.2 Å². The SMILES string of the molecule is CCc1c(-c2ccc(OC)c(OC)c2)[nH]c2ccc(C3CCN(C(N)=O)CC3C(C)C)cc12. The van der Waals surface area contributed by atoms with E-state index in [0.29, 0.717) is 24.3 Å². The fraction of sp³-hybridized carbons (Fsp3) is 0.444. The second kappa shape index (κ2) is 9.38. The van der Waals surface area contributed by atoms with Gasteiger partial charge in [0.05, 0.1) is 14.2 Å². The van der Waals surface area contributed by atoms with E-state index in [1.165, 1.54) is 16.5 Å². The van der Waals surface area contributed by atoms with Crippen molar-refractivity contribution in [2.45, 2.75) is 39.5 Å². The van der Waals surface area contributed by atoms with Crippen LogP contribution in [0.3, 0.4) is 0 Å². The summed E-state index contributed by atoms with van der Waals surface area (Å²) in [5.74, 6) is 2.70. The van der Waals surface area contributed by atoms with Gasteiger partial charge in [0.15, 0.2) is 11.5 Å². The Hall–Kier alpha value is -3.15. The normalized spacial score (nSPS) is 18.7. The van der Waals surface area contributed by atoms with Crippen LogP contribution in [0.5, 0.6) is 11.5 Å². The highest BCUT2D eigenvalue weighted by Crippen LogP contribution is 2.41. The summed E-state index contributed by atoms with van der Waals surface area (Å²) in [5.41, 5.74) is 11.6. The molecule has 33 heavy (non-hydrogen) atoms. The smallest absolute Gasteiger partial charge is 0.314 e. The number of nitrogens with zero attached hydrogens (tertiary/aromatic N) is 1. The van der Waals surface area contributed by atoms with Crippen LogP contribution in [0.25, 0.3) is 22.2 Å². The molecule has 1 fully saturated rings. The summed E-state index contributed by atoms with van der Waals surface area (Å²) < 4.78 is 10.9. The van der Waals surface area contributed by atoms with Gasteiger partial charge in [-0.05, 0) is 72.1 Å². The molecule has 0 bridgehead atoms. The van der Waals surface area contributed by atoms with Crippen molar-refractivity contribution in [3.63, 3.8) is 0 Å². The number of ether oxygens (including phenoxy) is 2. The van der Waals surface area contributed by atoms with E-state index in [1.807, 2.05) is 12.1 Å². The number of benzene rings is 2. The molecular weight excluding hydrogens is 414 g/mol. The van der Waals surface area contributed by atoms with Crippen LogP contribution in [-0.4, -0.2) is 43.2 Å². The molecule has 6 heteroatoms. The van der Waals surface area contributed by atoms with Crippen LogP contribution in [0.15, 0.2) is 36.4 Å². The Morgan fingerprint density at radius 1 is 1.15 bits per heavy atom. The molecule has 4 rings (SSSR count). The van der Waals surface area contributed by atoms with Crippen LogP contribution in [-0.2, 0) is 6.42 Å². The van der Waals surface area contributed by atoms with Gasteiger partial charge < -0.3 is 25.1 Å². The Balaban J connectivity index is 1.75. The molecule has 1 aliphatic rings. The monoisotopic (exact) mass is 449 g/mol. The van der Waals surface area contributed by atoms with Gasteiger partial charge in [0.2, 0.25) is 0 Å². The average Bonchev–Trinajstić information content (AvgIpc) is 3.20. The Bertz CT molecular complexity index is 1150. The van der Waals surface area contributed by atoms with E-state index in [1.54, 1.807) is 19.1 Å². The Kier molecular flexibility index (Phi) is 6.54. The lowest BCUT2D eigenvalue weighted by Crippen LogP contribution is -2.46. The van der Waals surface area contributed by atoms with Crippen LogP contribution in [0, 0.1) is 11.8 Å². The van der Waals surface area contributed by atoms with Gasteiger partial charge in [-0.3, -0.25) is 0 Å². The summed E-state index contributed by atoms with van der Waals surface area (Å²) in [7, 11) is 3.31. The molecule has 2 amide bonds. The molecule has 1 aromatic heterocycles. The maximum atomic E-state index is 11.8. The number of hydrogen-bond acceptors (Lipinski definition) is 3. The van der Waals surface area contributed by atoms with Gasteiger partial charge in [-0.15, -0.1) is 0 Å². The predicted octanol–water partition coefficient (Wildman–Crippen LogP) is 5.55. The van der Waals surface area contributed by atoms with E-state index in [9.17, 15) is 4.79 Å². The summed E-state index contributed by atoms with van der Waals surface area (Å²) in [6.07, 6.45) is 1.85. The van der Waals surface area contributed by atoms with Gasteiger partial charge in [0.25, 0.3) is 0 Å². The second-order valence-corrected chi connectivity index (χ2v) is 9.29. The topological polar surface area (TPSA) is 80.6 Å². The number of aromatic nitrogens is 1. The molecule has 0 spiro atoms. The minimum atomic E-state index is -0.312. The number of rotatable bonds is 6. The van der Waals surface area contributed by atoms with Crippen LogP contribution in [0.1, 0.15) is 44.2 Å². The third kappa shape index (κ3) is 4.26. The lowest BCUT2D eigenvalue weighted by Gasteiger charge is -2.40. The zero-order chi connectivity index (χ0) is 23.7. The van der Waals surface area contributed by atoms with Crippen molar-refractivity contribution in [1.82, 2.24) is 9.88 Å². The largest absolute Gasteiger partial charge is 0.493 e. The molecule has 2 unspecified atom stereocenters. The number of urea groups is 1. The number of aromatic amines is 1. The average molecular weight is 450 g/mol. The standard InChI is InChI=1S/C27H35N3O3/c1-6-19-21-13-17(20-11-12-30(27(28)31)15-22(20)16(2)3)7-9-23(21)29-26(19)18-8-10-24(32-4)25(14-18)33-5/h7-10,13-14,16,20,22,29H,6,11-12,15H2,1-5H3,(H2,28,31). The highest BCUT2D eigenvalue weighted by molar-refractivity contribution is 5.91. The van der Waals surface area contributed by atoms with E-state index in [4.69, 9.17) is 15.2 Å². The van der Waals surface area contributed by atoms with Gasteiger partial charge in [-0.2, -0.15) is 0 Å². The number of methoxy groups -OCH3 is 2. The summed E-state index contributed by atoms with van der Waals surface area (Å²) >= 11 is 0. The number of nitrogens with one attached hydrogen (secondary N) is 1. The number of piperidine rings is 1. The van der Waals surface area contributed by atoms with Gasteiger partial charge in [0, 0.05) is 35.2 Å². The summed E-state index contributed by atoms with van der Waals surface area (Å²) in [5, 5.41) is 1.26. The van der Waals surface area contributed by atoms with E-state index in [-0.39, 0.29) is 6.03 Å². The van der Waals surface area contributed by atoms with E-state index < -0.39 is 0 Å². The Morgan fingerprint density at radius 3 is 2.55 bits per heavy atom. The molecular formula is C27H35N3O3.